The highest BCUT2D eigenvalue weighted by molar-refractivity contribution is 9.10. The molecule has 0 aliphatic rings. The second-order valence-corrected chi connectivity index (χ2v) is 5.49. The first-order valence-corrected chi connectivity index (χ1v) is 6.60. The van der Waals surface area contributed by atoms with Crippen molar-refractivity contribution in [3.05, 3.63) is 39.2 Å². The first-order valence-electron chi connectivity index (χ1n) is 4.32. The maximum atomic E-state index is 11.6. The Kier molecular flexibility index (Phi) is 4.75. The SMILES string of the molecule is [N-]=[N+]=NCCNS(=O)(=O)c1ccc(Br)cc1. The summed E-state index contributed by atoms with van der Waals surface area (Å²) in [6.07, 6.45) is 0. The van der Waals surface area contributed by atoms with E-state index in [4.69, 9.17) is 5.53 Å². The number of sulfonamides is 1. The van der Waals surface area contributed by atoms with Crippen LogP contribution in [-0.4, -0.2) is 21.5 Å². The van der Waals surface area contributed by atoms with E-state index in [2.05, 4.69) is 30.7 Å². The van der Waals surface area contributed by atoms with Gasteiger partial charge in [0, 0.05) is 22.5 Å². The second-order valence-electron chi connectivity index (χ2n) is 2.81. The standard InChI is InChI=1S/C8H9BrN4O2S/c9-7-1-3-8(4-2-7)16(14,15)12-6-5-11-13-10/h1-4,12H,5-6H2. The number of rotatable bonds is 5. The minimum atomic E-state index is -3.51. The number of nitrogens with zero attached hydrogens (tertiary/aromatic N) is 3. The van der Waals surface area contributed by atoms with Gasteiger partial charge in [-0.1, -0.05) is 21.0 Å². The lowest BCUT2D eigenvalue weighted by atomic mass is 10.4. The van der Waals surface area contributed by atoms with Crippen molar-refractivity contribution < 1.29 is 8.42 Å². The Balaban J connectivity index is 2.70. The van der Waals surface area contributed by atoms with Gasteiger partial charge in [-0.3, -0.25) is 0 Å². The summed E-state index contributed by atoms with van der Waals surface area (Å²) in [5.41, 5.74) is 8.02. The molecule has 0 aliphatic carbocycles. The molecule has 16 heavy (non-hydrogen) atoms. The molecule has 0 fully saturated rings. The Morgan fingerprint density at radius 2 is 2.00 bits per heavy atom. The summed E-state index contributed by atoms with van der Waals surface area (Å²) >= 11 is 3.21. The number of nitrogens with one attached hydrogen (secondary N) is 1. The van der Waals surface area contributed by atoms with Gasteiger partial charge in [0.2, 0.25) is 10.0 Å². The molecule has 0 atom stereocenters. The third kappa shape index (κ3) is 3.82. The molecule has 1 N–H and O–H groups in total. The molecule has 0 unspecified atom stereocenters. The third-order valence-corrected chi connectivity index (χ3v) is 3.70. The highest BCUT2D eigenvalue weighted by Crippen LogP contribution is 2.14. The number of hydrogen-bond donors (Lipinski definition) is 1. The van der Waals surface area contributed by atoms with Crippen molar-refractivity contribution in [2.45, 2.75) is 4.90 Å². The molecule has 0 spiro atoms. The lowest BCUT2D eigenvalue weighted by molar-refractivity contribution is 0.582. The summed E-state index contributed by atoms with van der Waals surface area (Å²) in [6, 6.07) is 6.25. The van der Waals surface area contributed by atoms with E-state index in [1.54, 1.807) is 12.1 Å². The van der Waals surface area contributed by atoms with E-state index < -0.39 is 10.0 Å². The number of benzene rings is 1. The van der Waals surface area contributed by atoms with Gasteiger partial charge in [-0.15, -0.1) is 0 Å². The Morgan fingerprint density at radius 3 is 2.56 bits per heavy atom. The molecule has 1 aromatic rings. The molecule has 86 valence electrons. The fraction of sp³-hybridized carbons (Fsp3) is 0.250. The van der Waals surface area contributed by atoms with E-state index >= 15 is 0 Å². The highest BCUT2D eigenvalue weighted by atomic mass is 79.9. The Bertz CT molecular complexity index is 493. The predicted octanol–water partition coefficient (Wildman–Crippen LogP) is 2.04. The van der Waals surface area contributed by atoms with Crippen LogP contribution in [0.3, 0.4) is 0 Å². The van der Waals surface area contributed by atoms with E-state index in [1.807, 2.05) is 0 Å². The molecule has 0 bridgehead atoms. The Labute approximate surface area is 101 Å². The van der Waals surface area contributed by atoms with Crippen LogP contribution in [0.1, 0.15) is 0 Å². The van der Waals surface area contributed by atoms with E-state index in [9.17, 15) is 8.42 Å². The van der Waals surface area contributed by atoms with Gasteiger partial charge >= 0.3 is 0 Å². The maximum Gasteiger partial charge on any atom is 0.240 e. The van der Waals surface area contributed by atoms with Crippen molar-refractivity contribution in [3.63, 3.8) is 0 Å². The maximum absolute atomic E-state index is 11.6. The van der Waals surface area contributed by atoms with Crippen LogP contribution in [0, 0.1) is 0 Å². The van der Waals surface area contributed by atoms with Crippen molar-refractivity contribution >= 4 is 26.0 Å². The van der Waals surface area contributed by atoms with Gasteiger partial charge in [-0.2, -0.15) is 0 Å². The van der Waals surface area contributed by atoms with Crippen molar-refractivity contribution in [2.75, 3.05) is 13.1 Å². The molecular formula is C8H9BrN4O2S. The normalized spacial score (nSPS) is 10.8. The summed E-state index contributed by atoms with van der Waals surface area (Å²) in [6.45, 7) is 0.175. The molecule has 0 aliphatic heterocycles. The molecule has 0 saturated heterocycles. The zero-order chi connectivity index (χ0) is 12.0. The fourth-order valence-corrected chi connectivity index (χ4v) is 2.26. The first kappa shape index (κ1) is 13.0. The largest absolute Gasteiger partial charge is 0.240 e. The number of hydrogen-bond acceptors (Lipinski definition) is 3. The van der Waals surface area contributed by atoms with Gasteiger partial charge in [0.1, 0.15) is 0 Å². The molecule has 8 heteroatoms. The lowest BCUT2D eigenvalue weighted by Crippen LogP contribution is -2.26. The smallest absolute Gasteiger partial charge is 0.211 e. The van der Waals surface area contributed by atoms with Crippen LogP contribution in [0.4, 0.5) is 0 Å². The van der Waals surface area contributed by atoms with E-state index in [-0.39, 0.29) is 18.0 Å². The number of halogens is 1. The average molecular weight is 305 g/mol. The molecule has 6 nitrogen and oxygen atoms in total. The second kappa shape index (κ2) is 5.86. The van der Waals surface area contributed by atoms with Crippen LogP contribution in [0.15, 0.2) is 38.7 Å². The van der Waals surface area contributed by atoms with E-state index in [0.29, 0.717) is 0 Å². The highest BCUT2D eigenvalue weighted by Gasteiger charge is 2.12. The molecule has 0 aromatic heterocycles. The molecule has 0 saturated carbocycles. The van der Waals surface area contributed by atoms with Gasteiger partial charge in [0.25, 0.3) is 0 Å². The van der Waals surface area contributed by atoms with Gasteiger partial charge in [0.05, 0.1) is 4.90 Å². The lowest BCUT2D eigenvalue weighted by Gasteiger charge is -2.04. The average Bonchev–Trinajstić information content (AvgIpc) is 2.25. The zero-order valence-electron chi connectivity index (χ0n) is 8.17. The monoisotopic (exact) mass is 304 g/mol. The Morgan fingerprint density at radius 1 is 1.38 bits per heavy atom. The minimum Gasteiger partial charge on any atom is -0.211 e. The summed E-state index contributed by atoms with van der Waals surface area (Å²) in [5.74, 6) is 0. The summed E-state index contributed by atoms with van der Waals surface area (Å²) in [5, 5.41) is 3.23. The topological polar surface area (TPSA) is 94.9 Å². The Hall–Kier alpha value is -1.08. The first-order chi connectivity index (χ1) is 7.56. The van der Waals surface area contributed by atoms with E-state index in [1.165, 1.54) is 12.1 Å². The molecule has 0 radical (unpaired) electrons. The summed E-state index contributed by atoms with van der Waals surface area (Å²) in [4.78, 5) is 2.70. The fourth-order valence-electron chi connectivity index (χ4n) is 0.972. The third-order valence-electron chi connectivity index (χ3n) is 1.69. The van der Waals surface area contributed by atoms with Crippen LogP contribution in [0.25, 0.3) is 10.4 Å². The van der Waals surface area contributed by atoms with Crippen LogP contribution < -0.4 is 4.72 Å². The van der Waals surface area contributed by atoms with Gasteiger partial charge in [0.15, 0.2) is 0 Å². The van der Waals surface area contributed by atoms with Crippen molar-refractivity contribution in [1.82, 2.24) is 4.72 Å². The van der Waals surface area contributed by atoms with Crippen LogP contribution in [0.5, 0.6) is 0 Å². The van der Waals surface area contributed by atoms with Crippen molar-refractivity contribution in [1.29, 1.82) is 0 Å². The van der Waals surface area contributed by atoms with Crippen molar-refractivity contribution in [2.24, 2.45) is 5.11 Å². The molecule has 1 rings (SSSR count). The van der Waals surface area contributed by atoms with Crippen LogP contribution >= 0.6 is 15.9 Å². The summed E-state index contributed by atoms with van der Waals surface area (Å²) < 4.78 is 26.4. The van der Waals surface area contributed by atoms with Crippen LogP contribution in [0.2, 0.25) is 0 Å². The van der Waals surface area contributed by atoms with Gasteiger partial charge < -0.3 is 0 Å². The molecular weight excluding hydrogens is 296 g/mol. The predicted molar refractivity (Wildman–Crippen MR) is 63.3 cm³/mol. The quantitative estimate of drug-likeness (QED) is 0.390. The zero-order valence-corrected chi connectivity index (χ0v) is 10.6. The molecule has 1 aromatic carbocycles. The van der Waals surface area contributed by atoms with Crippen molar-refractivity contribution in [3.8, 4) is 0 Å². The molecule has 0 amide bonds. The van der Waals surface area contributed by atoms with E-state index in [0.717, 1.165) is 4.47 Å². The number of azide groups is 1. The summed E-state index contributed by atoms with van der Waals surface area (Å²) in [7, 11) is -3.51. The molecule has 0 heterocycles. The van der Waals surface area contributed by atoms with Gasteiger partial charge in [-0.05, 0) is 29.8 Å². The minimum absolute atomic E-state index is 0.0858. The van der Waals surface area contributed by atoms with Crippen LogP contribution in [-0.2, 0) is 10.0 Å². The van der Waals surface area contributed by atoms with Gasteiger partial charge in [-0.25, -0.2) is 13.1 Å².